The molecule has 1 aromatic heterocycles. The van der Waals surface area contributed by atoms with E-state index in [1.807, 2.05) is 4.68 Å². The lowest BCUT2D eigenvalue weighted by Crippen LogP contribution is -2.28. The first-order valence-electron chi connectivity index (χ1n) is 6.07. The number of aromatic nitrogens is 3. The highest BCUT2D eigenvalue weighted by Gasteiger charge is 2.25. The summed E-state index contributed by atoms with van der Waals surface area (Å²) in [6, 6.07) is 0. The van der Waals surface area contributed by atoms with E-state index in [4.69, 9.17) is 4.74 Å². The van der Waals surface area contributed by atoms with Gasteiger partial charge in [0.05, 0.1) is 18.8 Å². The van der Waals surface area contributed by atoms with Gasteiger partial charge in [-0.3, -0.25) is 4.68 Å². The molecular weight excluding hydrogens is 204 g/mol. The molecule has 0 saturated carbocycles. The summed E-state index contributed by atoms with van der Waals surface area (Å²) in [6.45, 7) is 5.05. The molecule has 0 amide bonds. The van der Waals surface area contributed by atoms with Crippen LogP contribution in [-0.2, 0) is 11.3 Å². The van der Waals surface area contributed by atoms with E-state index in [9.17, 15) is 0 Å². The van der Waals surface area contributed by atoms with Crippen LogP contribution in [0.2, 0.25) is 0 Å². The van der Waals surface area contributed by atoms with E-state index in [1.54, 1.807) is 12.7 Å². The van der Waals surface area contributed by atoms with E-state index in [0.29, 0.717) is 12.2 Å². The molecule has 5 nitrogen and oxygen atoms in total. The van der Waals surface area contributed by atoms with Gasteiger partial charge in [-0.2, -0.15) is 5.10 Å². The van der Waals surface area contributed by atoms with Crippen LogP contribution < -0.4 is 5.32 Å². The molecule has 0 radical (unpaired) electrons. The van der Waals surface area contributed by atoms with Crippen LogP contribution in [-0.4, -0.2) is 40.1 Å². The fourth-order valence-electron chi connectivity index (χ4n) is 2.04. The van der Waals surface area contributed by atoms with Crippen LogP contribution in [0, 0.1) is 0 Å². The van der Waals surface area contributed by atoms with Gasteiger partial charge >= 0.3 is 0 Å². The zero-order valence-corrected chi connectivity index (χ0v) is 9.80. The molecule has 0 spiro atoms. The number of nitrogens with one attached hydrogen (secondary N) is 1. The molecule has 1 aromatic rings. The molecule has 1 aliphatic rings. The Hall–Kier alpha value is -0.940. The van der Waals surface area contributed by atoms with Crippen molar-refractivity contribution in [3.8, 4) is 0 Å². The Morgan fingerprint density at radius 2 is 2.31 bits per heavy atom. The van der Waals surface area contributed by atoms with Gasteiger partial charge in [0.15, 0.2) is 0 Å². The molecule has 0 aromatic carbocycles. The van der Waals surface area contributed by atoms with Crippen molar-refractivity contribution in [3.63, 3.8) is 0 Å². The smallest absolute Gasteiger partial charge is 0.137 e. The Bertz CT molecular complexity index is 288. The van der Waals surface area contributed by atoms with Gasteiger partial charge in [0.2, 0.25) is 0 Å². The molecule has 0 bridgehead atoms. The number of hydrogen-bond donors (Lipinski definition) is 1. The molecule has 2 atom stereocenters. The van der Waals surface area contributed by atoms with E-state index in [-0.39, 0.29) is 0 Å². The van der Waals surface area contributed by atoms with Crippen LogP contribution in [0.25, 0.3) is 0 Å². The summed E-state index contributed by atoms with van der Waals surface area (Å²) in [5.41, 5.74) is 0. The summed E-state index contributed by atoms with van der Waals surface area (Å²) in [7, 11) is 0. The molecule has 0 aliphatic carbocycles. The Labute approximate surface area is 96.2 Å². The zero-order valence-electron chi connectivity index (χ0n) is 9.80. The quantitative estimate of drug-likeness (QED) is 0.727. The normalized spacial score (nSPS) is 25.1. The summed E-state index contributed by atoms with van der Waals surface area (Å²) in [5, 5.41) is 7.49. The molecular formula is C11H20N4O. The lowest BCUT2D eigenvalue weighted by Gasteiger charge is -2.14. The average Bonchev–Trinajstić information content (AvgIpc) is 2.91. The minimum Gasteiger partial charge on any atom is -0.372 e. The van der Waals surface area contributed by atoms with Crippen molar-refractivity contribution in [2.75, 3.05) is 13.1 Å². The molecule has 90 valence electrons. The van der Waals surface area contributed by atoms with Gasteiger partial charge in [-0.1, -0.05) is 6.92 Å². The van der Waals surface area contributed by atoms with Crippen LogP contribution in [0.15, 0.2) is 12.7 Å². The summed E-state index contributed by atoms with van der Waals surface area (Å²) in [6.07, 6.45) is 7.43. The van der Waals surface area contributed by atoms with Crippen LogP contribution in [0.1, 0.15) is 26.2 Å². The maximum absolute atomic E-state index is 5.93. The van der Waals surface area contributed by atoms with E-state index < -0.39 is 0 Å². The first-order chi connectivity index (χ1) is 7.88. The van der Waals surface area contributed by atoms with Gasteiger partial charge in [0.25, 0.3) is 0 Å². The number of hydrogen-bond acceptors (Lipinski definition) is 4. The third kappa shape index (κ3) is 3.28. The molecule has 2 rings (SSSR count). The third-order valence-corrected chi connectivity index (χ3v) is 2.85. The molecule has 2 unspecified atom stereocenters. The highest BCUT2D eigenvalue weighted by molar-refractivity contribution is 4.75. The first kappa shape index (κ1) is 11.5. The van der Waals surface area contributed by atoms with Gasteiger partial charge in [0, 0.05) is 6.54 Å². The van der Waals surface area contributed by atoms with Crippen LogP contribution in [0.4, 0.5) is 0 Å². The van der Waals surface area contributed by atoms with Gasteiger partial charge in [-0.15, -0.1) is 0 Å². The van der Waals surface area contributed by atoms with Crippen LogP contribution in [0.5, 0.6) is 0 Å². The summed E-state index contributed by atoms with van der Waals surface area (Å²) in [5.74, 6) is 0. The molecule has 5 heteroatoms. The lowest BCUT2D eigenvalue weighted by molar-refractivity contribution is 0.0342. The minimum absolute atomic E-state index is 0.301. The van der Waals surface area contributed by atoms with Crippen molar-refractivity contribution < 1.29 is 4.74 Å². The molecule has 1 aliphatic heterocycles. The first-order valence-corrected chi connectivity index (χ1v) is 6.07. The van der Waals surface area contributed by atoms with Crippen molar-refractivity contribution in [1.82, 2.24) is 20.1 Å². The van der Waals surface area contributed by atoms with Gasteiger partial charge in [-0.25, -0.2) is 4.98 Å². The van der Waals surface area contributed by atoms with Crippen LogP contribution in [0.3, 0.4) is 0 Å². The number of nitrogens with zero attached hydrogens (tertiary/aromatic N) is 3. The average molecular weight is 224 g/mol. The Morgan fingerprint density at radius 3 is 3.06 bits per heavy atom. The maximum Gasteiger partial charge on any atom is 0.137 e. The molecule has 1 N–H and O–H groups in total. The van der Waals surface area contributed by atoms with Gasteiger partial charge < -0.3 is 10.1 Å². The van der Waals surface area contributed by atoms with E-state index >= 15 is 0 Å². The van der Waals surface area contributed by atoms with Gasteiger partial charge in [0.1, 0.15) is 12.7 Å². The van der Waals surface area contributed by atoms with E-state index in [1.165, 1.54) is 6.42 Å². The second-order valence-electron chi connectivity index (χ2n) is 4.28. The second kappa shape index (κ2) is 5.96. The molecule has 2 heterocycles. The van der Waals surface area contributed by atoms with Crippen molar-refractivity contribution >= 4 is 0 Å². The standard InChI is InChI=1S/C11H20N4O/c1-2-5-12-6-10-3-4-11(16-10)7-15-9-13-8-14-15/h8-12H,2-7H2,1H3. The minimum atomic E-state index is 0.301. The van der Waals surface area contributed by atoms with Crippen molar-refractivity contribution in [2.45, 2.75) is 44.9 Å². The van der Waals surface area contributed by atoms with Gasteiger partial charge in [-0.05, 0) is 25.8 Å². The molecule has 16 heavy (non-hydrogen) atoms. The predicted molar refractivity (Wildman–Crippen MR) is 61.1 cm³/mol. The topological polar surface area (TPSA) is 52.0 Å². The Balaban J connectivity index is 1.67. The van der Waals surface area contributed by atoms with E-state index in [2.05, 4.69) is 22.3 Å². The van der Waals surface area contributed by atoms with Crippen molar-refractivity contribution in [1.29, 1.82) is 0 Å². The van der Waals surface area contributed by atoms with E-state index in [0.717, 1.165) is 32.5 Å². The summed E-state index contributed by atoms with van der Waals surface area (Å²) in [4.78, 5) is 3.93. The van der Waals surface area contributed by atoms with Crippen molar-refractivity contribution in [3.05, 3.63) is 12.7 Å². The fourth-order valence-corrected chi connectivity index (χ4v) is 2.04. The lowest BCUT2D eigenvalue weighted by atomic mass is 10.2. The maximum atomic E-state index is 5.93. The fraction of sp³-hybridized carbons (Fsp3) is 0.818. The number of ether oxygens (including phenoxy) is 1. The van der Waals surface area contributed by atoms with Crippen molar-refractivity contribution in [2.24, 2.45) is 0 Å². The molecule has 1 saturated heterocycles. The predicted octanol–water partition coefficient (Wildman–Crippen LogP) is 0.825. The highest BCUT2D eigenvalue weighted by Crippen LogP contribution is 2.20. The zero-order chi connectivity index (χ0) is 11.2. The molecule has 1 fully saturated rings. The largest absolute Gasteiger partial charge is 0.372 e. The Morgan fingerprint density at radius 1 is 1.44 bits per heavy atom. The monoisotopic (exact) mass is 224 g/mol. The SMILES string of the molecule is CCCNCC1CCC(Cn2cncn2)O1. The number of rotatable bonds is 6. The summed E-state index contributed by atoms with van der Waals surface area (Å²) >= 11 is 0. The summed E-state index contributed by atoms with van der Waals surface area (Å²) < 4.78 is 7.77. The Kier molecular flexibility index (Phi) is 4.30. The second-order valence-corrected chi connectivity index (χ2v) is 4.28. The third-order valence-electron chi connectivity index (χ3n) is 2.85. The highest BCUT2D eigenvalue weighted by atomic mass is 16.5. The van der Waals surface area contributed by atoms with Crippen LogP contribution >= 0.6 is 0 Å².